The fourth-order valence-corrected chi connectivity index (χ4v) is 2.43. The average Bonchev–Trinajstić information content (AvgIpc) is 2.19. The van der Waals surface area contributed by atoms with Gasteiger partial charge in [-0.25, -0.2) is 4.79 Å². The molecule has 0 aromatic heterocycles. The number of carboxylic acids is 1. The van der Waals surface area contributed by atoms with E-state index in [1.165, 1.54) is 4.90 Å². The molecule has 1 rings (SSSR count). The molecule has 1 aliphatic rings. The molecule has 1 aliphatic carbocycles. The first kappa shape index (κ1) is 15.8. The summed E-state index contributed by atoms with van der Waals surface area (Å²) in [6.45, 7) is 7.05. The maximum atomic E-state index is 12.0. The maximum Gasteiger partial charge on any atom is 0.410 e. The van der Waals surface area contributed by atoms with E-state index in [9.17, 15) is 14.7 Å². The molecule has 1 atom stereocenters. The van der Waals surface area contributed by atoms with Crippen LogP contribution in [0.15, 0.2) is 0 Å². The Kier molecular flexibility index (Phi) is 4.14. The van der Waals surface area contributed by atoms with Gasteiger partial charge in [-0.2, -0.15) is 0 Å². The van der Waals surface area contributed by atoms with Gasteiger partial charge in [0.1, 0.15) is 5.60 Å². The summed E-state index contributed by atoms with van der Waals surface area (Å²) >= 11 is 0. The normalized spacial score (nSPS) is 28.2. The summed E-state index contributed by atoms with van der Waals surface area (Å²) in [5.41, 5.74) is 4.16. The summed E-state index contributed by atoms with van der Waals surface area (Å²) in [6.07, 6.45) is 0.258. The Balaban J connectivity index is 2.78. The van der Waals surface area contributed by atoms with E-state index in [0.717, 1.165) is 0 Å². The lowest BCUT2D eigenvalue weighted by Gasteiger charge is -2.49. The quantitative estimate of drug-likeness (QED) is 0.810. The van der Waals surface area contributed by atoms with E-state index in [-0.39, 0.29) is 6.04 Å². The van der Waals surface area contributed by atoms with E-state index in [1.807, 2.05) is 0 Å². The highest BCUT2D eigenvalue weighted by atomic mass is 16.6. The Morgan fingerprint density at radius 3 is 2.21 bits per heavy atom. The second-order valence-electron chi connectivity index (χ2n) is 6.40. The van der Waals surface area contributed by atoms with Crippen LogP contribution < -0.4 is 5.73 Å². The van der Waals surface area contributed by atoms with Crippen molar-refractivity contribution in [3.05, 3.63) is 0 Å². The van der Waals surface area contributed by atoms with Gasteiger partial charge < -0.3 is 20.5 Å². The van der Waals surface area contributed by atoms with Crippen LogP contribution in [-0.2, 0) is 9.53 Å². The van der Waals surface area contributed by atoms with Crippen LogP contribution in [0.2, 0.25) is 0 Å². The summed E-state index contributed by atoms with van der Waals surface area (Å²) in [5.74, 6) is -0.905. The summed E-state index contributed by atoms with van der Waals surface area (Å²) in [4.78, 5) is 24.8. The summed E-state index contributed by atoms with van der Waals surface area (Å²) in [5, 5.41) is 9.40. The smallest absolute Gasteiger partial charge is 0.410 e. The van der Waals surface area contributed by atoms with Crippen molar-refractivity contribution in [2.24, 2.45) is 11.1 Å². The van der Waals surface area contributed by atoms with Crippen molar-refractivity contribution < 1.29 is 19.4 Å². The van der Waals surface area contributed by atoms with Crippen LogP contribution in [0, 0.1) is 5.41 Å². The fourth-order valence-electron chi connectivity index (χ4n) is 2.43. The zero-order valence-electron chi connectivity index (χ0n) is 12.3. The third-order valence-corrected chi connectivity index (χ3v) is 3.74. The number of ether oxygens (including phenoxy) is 1. The first-order valence-corrected chi connectivity index (χ1v) is 6.44. The largest absolute Gasteiger partial charge is 0.481 e. The maximum absolute atomic E-state index is 12.0. The average molecular weight is 272 g/mol. The molecule has 0 aliphatic heterocycles. The number of hydrogen-bond acceptors (Lipinski definition) is 4. The monoisotopic (exact) mass is 272 g/mol. The summed E-state index contributed by atoms with van der Waals surface area (Å²) < 4.78 is 5.25. The molecular formula is C13H24N2O4. The Labute approximate surface area is 113 Å². The molecular weight excluding hydrogens is 248 g/mol. The van der Waals surface area contributed by atoms with Crippen molar-refractivity contribution in [1.82, 2.24) is 4.90 Å². The molecule has 3 N–H and O–H groups in total. The molecule has 0 bridgehead atoms. The molecule has 6 nitrogen and oxygen atoms in total. The van der Waals surface area contributed by atoms with Crippen molar-refractivity contribution in [2.75, 3.05) is 7.05 Å². The first-order chi connectivity index (χ1) is 8.49. The van der Waals surface area contributed by atoms with Crippen molar-refractivity contribution >= 4 is 12.1 Å². The van der Waals surface area contributed by atoms with Gasteiger partial charge in [-0.15, -0.1) is 0 Å². The molecule has 110 valence electrons. The van der Waals surface area contributed by atoms with Crippen LogP contribution in [0.3, 0.4) is 0 Å². The van der Waals surface area contributed by atoms with Crippen LogP contribution in [0.25, 0.3) is 0 Å². The van der Waals surface area contributed by atoms with Crippen molar-refractivity contribution in [1.29, 1.82) is 0 Å². The van der Waals surface area contributed by atoms with Gasteiger partial charge >= 0.3 is 12.1 Å². The van der Waals surface area contributed by atoms with Gasteiger partial charge in [-0.1, -0.05) is 0 Å². The van der Waals surface area contributed by atoms with Gasteiger partial charge in [0, 0.05) is 19.1 Å². The molecule has 0 radical (unpaired) electrons. The lowest BCUT2D eigenvalue weighted by atomic mass is 9.61. The number of hydrogen-bond donors (Lipinski definition) is 2. The van der Waals surface area contributed by atoms with Gasteiger partial charge in [-0.3, -0.25) is 4.79 Å². The fraction of sp³-hybridized carbons (Fsp3) is 0.846. The first-order valence-electron chi connectivity index (χ1n) is 6.44. The van der Waals surface area contributed by atoms with Crippen LogP contribution in [0.5, 0.6) is 0 Å². The number of aliphatic carboxylic acids is 1. The number of rotatable bonds is 3. The topological polar surface area (TPSA) is 92.9 Å². The summed E-state index contributed by atoms with van der Waals surface area (Å²) in [6, 6.07) is -0.565. The van der Waals surface area contributed by atoms with Crippen LogP contribution in [-0.4, -0.2) is 46.8 Å². The lowest BCUT2D eigenvalue weighted by molar-refractivity contribution is -0.161. The number of nitrogens with zero attached hydrogens (tertiary/aromatic N) is 1. The Hall–Kier alpha value is -1.30. The van der Waals surface area contributed by atoms with E-state index < -0.39 is 29.1 Å². The highest BCUT2D eigenvalue weighted by molar-refractivity contribution is 5.78. The van der Waals surface area contributed by atoms with Crippen molar-refractivity contribution in [2.45, 2.75) is 58.2 Å². The highest BCUT2D eigenvalue weighted by Gasteiger charge is 2.55. The van der Waals surface area contributed by atoms with Gasteiger partial charge in [0.15, 0.2) is 0 Å². The molecule has 0 aromatic rings. The highest BCUT2D eigenvalue weighted by Crippen LogP contribution is 2.45. The molecule has 1 fully saturated rings. The molecule has 0 aromatic carbocycles. The van der Waals surface area contributed by atoms with Gasteiger partial charge in [0.25, 0.3) is 0 Å². The predicted molar refractivity (Wildman–Crippen MR) is 70.7 cm³/mol. The Bertz CT molecular complexity index is 369. The van der Waals surface area contributed by atoms with Gasteiger partial charge in [-0.05, 0) is 40.5 Å². The zero-order valence-corrected chi connectivity index (χ0v) is 12.3. The number of carbonyl (C=O) groups is 2. The van der Waals surface area contributed by atoms with Crippen LogP contribution >= 0.6 is 0 Å². The van der Waals surface area contributed by atoms with E-state index in [4.69, 9.17) is 10.5 Å². The molecule has 19 heavy (non-hydrogen) atoms. The molecule has 1 unspecified atom stereocenters. The van der Waals surface area contributed by atoms with E-state index >= 15 is 0 Å². The molecule has 0 heterocycles. The summed E-state index contributed by atoms with van der Waals surface area (Å²) in [7, 11) is 1.56. The van der Waals surface area contributed by atoms with Crippen molar-refractivity contribution in [3.8, 4) is 0 Å². The van der Waals surface area contributed by atoms with E-state index in [2.05, 4.69) is 0 Å². The molecule has 6 heteroatoms. The zero-order chi connectivity index (χ0) is 15.0. The minimum absolute atomic E-state index is 0.106. The lowest BCUT2D eigenvalue weighted by Crippen LogP contribution is -2.61. The Morgan fingerprint density at radius 2 is 1.89 bits per heavy atom. The van der Waals surface area contributed by atoms with Crippen molar-refractivity contribution in [3.63, 3.8) is 0 Å². The number of carboxylic acid groups (broad SMARTS) is 1. The van der Waals surface area contributed by atoms with Crippen LogP contribution in [0.4, 0.5) is 4.79 Å². The molecule has 1 amide bonds. The predicted octanol–water partition coefficient (Wildman–Crippen LogP) is 1.43. The molecule has 1 saturated carbocycles. The van der Waals surface area contributed by atoms with Gasteiger partial charge in [0.2, 0.25) is 0 Å². The number of carbonyl (C=O) groups excluding carboxylic acids is 1. The third kappa shape index (κ3) is 3.18. The second kappa shape index (κ2) is 5.00. The number of amides is 1. The SMILES string of the molecule is CC(N(C)C(=O)OC(C)(C)C)C1(C(=O)O)CC(N)C1. The minimum Gasteiger partial charge on any atom is -0.481 e. The van der Waals surface area contributed by atoms with E-state index in [1.54, 1.807) is 34.7 Å². The Morgan fingerprint density at radius 1 is 1.42 bits per heavy atom. The van der Waals surface area contributed by atoms with Gasteiger partial charge in [0.05, 0.1) is 5.41 Å². The second-order valence-corrected chi connectivity index (χ2v) is 6.40. The van der Waals surface area contributed by atoms with E-state index in [0.29, 0.717) is 12.8 Å². The van der Waals surface area contributed by atoms with Crippen LogP contribution in [0.1, 0.15) is 40.5 Å². The molecule has 0 spiro atoms. The molecule has 0 saturated heterocycles. The number of nitrogens with two attached hydrogens (primary N) is 1. The third-order valence-electron chi connectivity index (χ3n) is 3.74. The standard InChI is InChI=1S/C13H24N2O4/c1-8(13(10(16)17)6-9(14)7-13)15(5)11(18)19-12(2,3)4/h8-9H,6-7,14H2,1-5H3,(H,16,17). The minimum atomic E-state index is -0.953.